The first kappa shape index (κ1) is 12.9. The number of hydrogen-bond acceptors (Lipinski definition) is 4. The number of nitrogens with one attached hydrogen (secondary N) is 2. The first-order valence-electron chi connectivity index (χ1n) is 5.64. The Morgan fingerprint density at radius 1 is 1.26 bits per heavy atom. The van der Waals surface area contributed by atoms with Gasteiger partial charge in [-0.15, -0.1) is 0 Å². The van der Waals surface area contributed by atoms with Gasteiger partial charge in [0.25, 0.3) is 0 Å². The van der Waals surface area contributed by atoms with Gasteiger partial charge in [0, 0.05) is 6.42 Å². The summed E-state index contributed by atoms with van der Waals surface area (Å²) in [6.07, 6.45) is -0.00303. The molecule has 1 heterocycles. The van der Waals surface area contributed by atoms with Crippen LogP contribution >= 0.6 is 0 Å². The van der Waals surface area contributed by atoms with E-state index < -0.39 is 23.9 Å². The van der Waals surface area contributed by atoms with E-state index in [9.17, 15) is 14.4 Å². The van der Waals surface area contributed by atoms with E-state index in [4.69, 9.17) is 10.2 Å². The van der Waals surface area contributed by atoms with Crippen molar-refractivity contribution in [2.45, 2.75) is 18.9 Å². The first-order valence-corrected chi connectivity index (χ1v) is 5.64. The molecule has 1 amide bonds. The van der Waals surface area contributed by atoms with Gasteiger partial charge in [-0.05, 0) is 18.6 Å². The number of rotatable bonds is 4. The number of carbonyl (C=O) groups is 3. The Morgan fingerprint density at radius 2 is 2.00 bits per heavy atom. The van der Waals surface area contributed by atoms with Crippen LogP contribution in [-0.2, 0) is 9.59 Å². The third kappa shape index (κ3) is 2.65. The molecule has 1 aliphatic rings. The van der Waals surface area contributed by atoms with Gasteiger partial charge in [-0.3, -0.25) is 9.59 Å². The fourth-order valence-corrected chi connectivity index (χ4v) is 1.92. The zero-order chi connectivity index (χ0) is 14.0. The van der Waals surface area contributed by atoms with Gasteiger partial charge in [-0.1, -0.05) is 6.07 Å². The van der Waals surface area contributed by atoms with Gasteiger partial charge < -0.3 is 20.8 Å². The van der Waals surface area contributed by atoms with Gasteiger partial charge in [-0.25, -0.2) is 4.79 Å². The summed E-state index contributed by atoms with van der Waals surface area (Å²) < 4.78 is 0. The second-order valence-electron chi connectivity index (χ2n) is 4.15. The lowest BCUT2D eigenvalue weighted by Crippen LogP contribution is -2.39. The van der Waals surface area contributed by atoms with Crippen LogP contribution in [0.5, 0.6) is 0 Å². The fourth-order valence-electron chi connectivity index (χ4n) is 1.92. The maximum atomic E-state index is 11.8. The first-order chi connectivity index (χ1) is 8.99. The van der Waals surface area contributed by atoms with E-state index in [2.05, 4.69) is 10.6 Å². The van der Waals surface area contributed by atoms with E-state index in [1.165, 1.54) is 6.07 Å². The number of amides is 1. The largest absolute Gasteiger partial charge is 0.481 e. The number of benzene rings is 1. The molecular formula is C12H12N2O5. The molecule has 7 heteroatoms. The summed E-state index contributed by atoms with van der Waals surface area (Å²) in [6, 6.07) is 3.91. The zero-order valence-electron chi connectivity index (χ0n) is 9.84. The highest BCUT2D eigenvalue weighted by Crippen LogP contribution is 2.31. The van der Waals surface area contributed by atoms with E-state index in [1.54, 1.807) is 12.1 Å². The number of carboxylic acid groups (broad SMARTS) is 2. The van der Waals surface area contributed by atoms with Crippen molar-refractivity contribution in [2.24, 2.45) is 0 Å². The van der Waals surface area contributed by atoms with Crippen LogP contribution in [0, 0.1) is 0 Å². The summed E-state index contributed by atoms with van der Waals surface area (Å²) in [5, 5.41) is 23.0. The van der Waals surface area contributed by atoms with E-state index in [0.717, 1.165) is 0 Å². The van der Waals surface area contributed by atoms with Gasteiger partial charge in [0.15, 0.2) is 0 Å². The molecule has 100 valence electrons. The molecule has 1 aromatic rings. The molecular weight excluding hydrogens is 252 g/mol. The molecule has 0 radical (unpaired) electrons. The van der Waals surface area contributed by atoms with Crippen molar-refractivity contribution < 1.29 is 24.6 Å². The summed E-state index contributed by atoms with van der Waals surface area (Å²) in [5.74, 6) is -2.55. The van der Waals surface area contributed by atoms with Crippen molar-refractivity contribution in [2.75, 3.05) is 10.6 Å². The van der Waals surface area contributed by atoms with Crippen LogP contribution in [0.4, 0.5) is 11.4 Å². The summed E-state index contributed by atoms with van der Waals surface area (Å²) in [4.78, 5) is 33.3. The monoisotopic (exact) mass is 264 g/mol. The SMILES string of the molecule is O=C(O)CCC1Nc2cccc(C(=O)O)c2NC1=O. The zero-order valence-corrected chi connectivity index (χ0v) is 9.84. The van der Waals surface area contributed by atoms with Crippen LogP contribution in [0.3, 0.4) is 0 Å². The van der Waals surface area contributed by atoms with Gasteiger partial charge in [-0.2, -0.15) is 0 Å². The second-order valence-corrected chi connectivity index (χ2v) is 4.15. The highest BCUT2D eigenvalue weighted by Gasteiger charge is 2.28. The molecule has 1 atom stereocenters. The highest BCUT2D eigenvalue weighted by atomic mass is 16.4. The molecule has 0 spiro atoms. The number of hydrogen-bond donors (Lipinski definition) is 4. The molecule has 2 rings (SSSR count). The van der Waals surface area contributed by atoms with Crippen molar-refractivity contribution in [1.29, 1.82) is 0 Å². The maximum Gasteiger partial charge on any atom is 0.337 e. The minimum absolute atomic E-state index is 0.00460. The Balaban J connectivity index is 2.24. The lowest BCUT2D eigenvalue weighted by molar-refractivity contribution is -0.137. The van der Waals surface area contributed by atoms with Crippen LogP contribution in [0.15, 0.2) is 18.2 Å². The van der Waals surface area contributed by atoms with Crippen LogP contribution in [0.1, 0.15) is 23.2 Å². The van der Waals surface area contributed by atoms with Crippen LogP contribution in [-0.4, -0.2) is 34.1 Å². The third-order valence-electron chi connectivity index (χ3n) is 2.84. The number of aliphatic carboxylic acids is 1. The predicted molar refractivity (Wildman–Crippen MR) is 66.3 cm³/mol. The molecule has 1 aliphatic heterocycles. The smallest absolute Gasteiger partial charge is 0.337 e. The average molecular weight is 264 g/mol. The number of fused-ring (bicyclic) bond motifs is 1. The fraction of sp³-hybridized carbons (Fsp3) is 0.250. The summed E-state index contributed by atoms with van der Waals surface area (Å²) in [5.41, 5.74) is 0.691. The van der Waals surface area contributed by atoms with E-state index >= 15 is 0 Å². The minimum atomic E-state index is -1.14. The molecule has 4 N–H and O–H groups in total. The quantitative estimate of drug-likeness (QED) is 0.644. The van der Waals surface area contributed by atoms with E-state index in [0.29, 0.717) is 5.69 Å². The topological polar surface area (TPSA) is 116 Å². The Hall–Kier alpha value is -2.57. The number of para-hydroxylation sites is 1. The van der Waals surface area contributed by atoms with E-state index in [1.807, 2.05) is 0 Å². The van der Waals surface area contributed by atoms with Crippen molar-refractivity contribution in [3.63, 3.8) is 0 Å². The number of anilines is 2. The molecule has 1 unspecified atom stereocenters. The minimum Gasteiger partial charge on any atom is -0.481 e. The van der Waals surface area contributed by atoms with Gasteiger partial charge in [0.2, 0.25) is 5.91 Å². The van der Waals surface area contributed by atoms with Gasteiger partial charge >= 0.3 is 11.9 Å². The standard InChI is InChI=1S/C12H12N2O5/c15-9(16)5-4-8-11(17)14-10-6(12(18)19)2-1-3-7(10)13-8/h1-3,8,13H,4-5H2,(H,14,17)(H,15,16)(H,18,19). The van der Waals surface area contributed by atoms with Crippen LogP contribution < -0.4 is 10.6 Å². The lowest BCUT2D eigenvalue weighted by Gasteiger charge is -2.27. The number of carboxylic acids is 2. The lowest BCUT2D eigenvalue weighted by atomic mass is 10.0. The highest BCUT2D eigenvalue weighted by molar-refractivity contribution is 6.09. The third-order valence-corrected chi connectivity index (χ3v) is 2.84. The van der Waals surface area contributed by atoms with Crippen LogP contribution in [0.2, 0.25) is 0 Å². The second kappa shape index (κ2) is 4.97. The summed E-state index contributed by atoms with van der Waals surface area (Å²) >= 11 is 0. The summed E-state index contributed by atoms with van der Waals surface area (Å²) in [7, 11) is 0. The Morgan fingerprint density at radius 3 is 2.63 bits per heavy atom. The van der Waals surface area contributed by atoms with Crippen molar-refractivity contribution in [3.8, 4) is 0 Å². The molecule has 0 saturated heterocycles. The summed E-state index contributed by atoms with van der Waals surface area (Å²) in [6.45, 7) is 0. The molecule has 7 nitrogen and oxygen atoms in total. The Labute approximate surface area is 108 Å². The molecule has 0 fully saturated rings. The van der Waals surface area contributed by atoms with Crippen molar-refractivity contribution in [3.05, 3.63) is 23.8 Å². The molecule has 19 heavy (non-hydrogen) atoms. The van der Waals surface area contributed by atoms with Crippen molar-refractivity contribution >= 4 is 29.2 Å². The maximum absolute atomic E-state index is 11.8. The Kier molecular flexibility index (Phi) is 3.37. The average Bonchev–Trinajstić information content (AvgIpc) is 2.35. The molecule has 0 saturated carbocycles. The molecule has 0 bridgehead atoms. The van der Waals surface area contributed by atoms with Gasteiger partial charge in [0.05, 0.1) is 16.9 Å². The molecule has 0 aromatic heterocycles. The normalized spacial score (nSPS) is 17.1. The molecule has 1 aromatic carbocycles. The van der Waals surface area contributed by atoms with Crippen LogP contribution in [0.25, 0.3) is 0 Å². The van der Waals surface area contributed by atoms with Gasteiger partial charge in [0.1, 0.15) is 6.04 Å². The number of carbonyl (C=O) groups excluding carboxylic acids is 1. The predicted octanol–water partition coefficient (Wildman–Crippen LogP) is 0.982. The Bertz CT molecular complexity index is 555. The van der Waals surface area contributed by atoms with Crippen molar-refractivity contribution in [1.82, 2.24) is 0 Å². The number of aromatic carboxylic acids is 1. The van der Waals surface area contributed by atoms with E-state index in [-0.39, 0.29) is 24.1 Å². The molecule has 0 aliphatic carbocycles.